The maximum atomic E-state index is 3.86. The minimum absolute atomic E-state index is 0.741. The van der Waals surface area contributed by atoms with Crippen molar-refractivity contribution in [1.29, 1.82) is 0 Å². The van der Waals surface area contributed by atoms with Crippen LogP contribution in [0, 0.1) is 5.92 Å². The zero-order valence-corrected chi connectivity index (χ0v) is 12.0. The highest BCUT2D eigenvalue weighted by molar-refractivity contribution is 4.90. The number of nitrogens with zero attached hydrogens (tertiary/aromatic N) is 1. The minimum Gasteiger partial charge on any atom is -0.311 e. The van der Waals surface area contributed by atoms with Gasteiger partial charge in [0.05, 0.1) is 0 Å². The molecule has 0 bridgehead atoms. The Morgan fingerprint density at radius 3 is 2.72 bits per heavy atom. The Bertz CT molecular complexity index is 245. The molecule has 0 aromatic rings. The van der Waals surface area contributed by atoms with Gasteiger partial charge in [-0.1, -0.05) is 32.3 Å². The van der Waals surface area contributed by atoms with Crippen molar-refractivity contribution in [3.05, 3.63) is 12.7 Å². The standard InChI is InChI=1S/C16H30N2/c1-3-5-11-18-13-16(17-12-15(18)4-2)14-9-7-6-8-10-14/h3,14-17H,1,4-13H2,2H3. The van der Waals surface area contributed by atoms with E-state index in [0.717, 1.165) is 24.4 Å². The highest BCUT2D eigenvalue weighted by Gasteiger charge is 2.31. The van der Waals surface area contributed by atoms with E-state index in [1.54, 1.807) is 0 Å². The number of hydrogen-bond acceptors (Lipinski definition) is 2. The molecule has 0 radical (unpaired) electrons. The van der Waals surface area contributed by atoms with Crippen LogP contribution in [0.25, 0.3) is 0 Å². The molecule has 1 N–H and O–H groups in total. The van der Waals surface area contributed by atoms with Crippen LogP contribution in [0.4, 0.5) is 0 Å². The minimum atomic E-state index is 0.741. The zero-order valence-electron chi connectivity index (χ0n) is 12.0. The number of piperazine rings is 1. The third kappa shape index (κ3) is 3.58. The van der Waals surface area contributed by atoms with Crippen molar-refractivity contribution in [2.75, 3.05) is 19.6 Å². The summed E-state index contributed by atoms with van der Waals surface area (Å²) in [6, 6.07) is 1.49. The van der Waals surface area contributed by atoms with Gasteiger partial charge in [-0.15, -0.1) is 6.58 Å². The topological polar surface area (TPSA) is 15.3 Å². The van der Waals surface area contributed by atoms with Crippen molar-refractivity contribution in [2.45, 2.75) is 64.0 Å². The average molecular weight is 250 g/mol. The Morgan fingerprint density at radius 2 is 2.06 bits per heavy atom. The lowest BCUT2D eigenvalue weighted by molar-refractivity contribution is 0.0953. The lowest BCUT2D eigenvalue weighted by Gasteiger charge is -2.43. The van der Waals surface area contributed by atoms with Crippen LogP contribution in [0.1, 0.15) is 51.9 Å². The Balaban J connectivity index is 1.88. The Hall–Kier alpha value is -0.340. The van der Waals surface area contributed by atoms with Crippen molar-refractivity contribution in [3.8, 4) is 0 Å². The predicted octanol–water partition coefficient (Wildman–Crippen LogP) is 3.20. The predicted molar refractivity (Wildman–Crippen MR) is 78.8 cm³/mol. The van der Waals surface area contributed by atoms with E-state index in [1.165, 1.54) is 58.2 Å². The smallest absolute Gasteiger partial charge is 0.0224 e. The van der Waals surface area contributed by atoms with E-state index in [0.29, 0.717) is 0 Å². The SMILES string of the molecule is C=CCCN1CC(C2CCCCC2)NCC1CC. The molecule has 1 aliphatic heterocycles. The summed E-state index contributed by atoms with van der Waals surface area (Å²) >= 11 is 0. The highest BCUT2D eigenvalue weighted by atomic mass is 15.2. The summed E-state index contributed by atoms with van der Waals surface area (Å²) in [6.07, 6.45) is 11.7. The largest absolute Gasteiger partial charge is 0.311 e. The number of hydrogen-bond donors (Lipinski definition) is 1. The van der Waals surface area contributed by atoms with Crippen LogP contribution in [-0.4, -0.2) is 36.6 Å². The van der Waals surface area contributed by atoms with Gasteiger partial charge in [-0.2, -0.15) is 0 Å². The second kappa shape index (κ2) is 7.30. The summed E-state index contributed by atoms with van der Waals surface area (Å²) in [7, 11) is 0. The maximum Gasteiger partial charge on any atom is 0.0224 e. The van der Waals surface area contributed by atoms with Gasteiger partial charge in [0.25, 0.3) is 0 Å². The molecule has 2 rings (SSSR count). The molecule has 0 aromatic carbocycles. The third-order valence-corrected chi connectivity index (χ3v) is 4.87. The second-order valence-electron chi connectivity index (χ2n) is 6.05. The first-order chi connectivity index (χ1) is 8.85. The molecule has 104 valence electrons. The van der Waals surface area contributed by atoms with Crippen LogP contribution >= 0.6 is 0 Å². The maximum absolute atomic E-state index is 3.86. The van der Waals surface area contributed by atoms with E-state index in [9.17, 15) is 0 Å². The first-order valence-corrected chi connectivity index (χ1v) is 7.93. The van der Waals surface area contributed by atoms with Gasteiger partial charge in [0.1, 0.15) is 0 Å². The summed E-state index contributed by atoms with van der Waals surface area (Å²) < 4.78 is 0. The molecule has 1 aliphatic carbocycles. The van der Waals surface area contributed by atoms with Gasteiger partial charge in [-0.3, -0.25) is 4.90 Å². The van der Waals surface area contributed by atoms with Crippen LogP contribution in [0.5, 0.6) is 0 Å². The molecule has 2 aliphatic rings. The summed E-state index contributed by atoms with van der Waals surface area (Å²) in [5, 5.41) is 3.83. The Labute approximate surface area is 113 Å². The van der Waals surface area contributed by atoms with Gasteiger partial charge < -0.3 is 5.32 Å². The summed E-state index contributed by atoms with van der Waals surface area (Å²) in [4.78, 5) is 2.71. The molecule has 1 heterocycles. The molecule has 18 heavy (non-hydrogen) atoms. The fourth-order valence-corrected chi connectivity index (χ4v) is 3.67. The van der Waals surface area contributed by atoms with Crippen molar-refractivity contribution in [3.63, 3.8) is 0 Å². The van der Waals surface area contributed by atoms with Crippen molar-refractivity contribution in [1.82, 2.24) is 10.2 Å². The van der Waals surface area contributed by atoms with Crippen molar-refractivity contribution < 1.29 is 0 Å². The van der Waals surface area contributed by atoms with E-state index < -0.39 is 0 Å². The summed E-state index contributed by atoms with van der Waals surface area (Å²) in [6.45, 7) is 9.83. The molecule has 2 nitrogen and oxygen atoms in total. The van der Waals surface area contributed by atoms with Crippen molar-refractivity contribution >= 4 is 0 Å². The average Bonchev–Trinajstić information content (AvgIpc) is 2.45. The van der Waals surface area contributed by atoms with Gasteiger partial charge in [0.2, 0.25) is 0 Å². The van der Waals surface area contributed by atoms with Gasteiger partial charge in [-0.25, -0.2) is 0 Å². The molecular formula is C16H30N2. The molecule has 2 unspecified atom stereocenters. The van der Waals surface area contributed by atoms with E-state index in [1.807, 2.05) is 0 Å². The van der Waals surface area contributed by atoms with Crippen LogP contribution < -0.4 is 5.32 Å². The molecule has 2 heteroatoms. The van der Waals surface area contributed by atoms with Crippen LogP contribution in [-0.2, 0) is 0 Å². The molecule has 0 amide bonds. The lowest BCUT2D eigenvalue weighted by Crippen LogP contribution is -2.58. The number of nitrogens with one attached hydrogen (secondary N) is 1. The molecule has 0 spiro atoms. The van der Waals surface area contributed by atoms with Crippen molar-refractivity contribution in [2.24, 2.45) is 5.92 Å². The molecule has 1 saturated heterocycles. The van der Waals surface area contributed by atoms with Gasteiger partial charge in [0, 0.05) is 31.7 Å². The van der Waals surface area contributed by atoms with Gasteiger partial charge in [-0.05, 0) is 31.6 Å². The van der Waals surface area contributed by atoms with E-state index in [4.69, 9.17) is 0 Å². The Kier molecular flexibility index (Phi) is 5.71. The van der Waals surface area contributed by atoms with E-state index in [-0.39, 0.29) is 0 Å². The summed E-state index contributed by atoms with van der Waals surface area (Å²) in [5.74, 6) is 0.933. The van der Waals surface area contributed by atoms with Crippen LogP contribution in [0.15, 0.2) is 12.7 Å². The molecule has 2 fully saturated rings. The highest BCUT2D eigenvalue weighted by Crippen LogP contribution is 2.28. The Morgan fingerprint density at radius 1 is 1.28 bits per heavy atom. The summed E-state index contributed by atoms with van der Waals surface area (Å²) in [5.41, 5.74) is 0. The zero-order chi connectivity index (χ0) is 12.8. The second-order valence-corrected chi connectivity index (χ2v) is 6.05. The quantitative estimate of drug-likeness (QED) is 0.754. The molecule has 1 saturated carbocycles. The van der Waals surface area contributed by atoms with Crippen LogP contribution in [0.3, 0.4) is 0 Å². The van der Waals surface area contributed by atoms with Gasteiger partial charge in [0.15, 0.2) is 0 Å². The molecular weight excluding hydrogens is 220 g/mol. The fourth-order valence-electron chi connectivity index (χ4n) is 3.67. The first-order valence-electron chi connectivity index (χ1n) is 7.93. The van der Waals surface area contributed by atoms with Gasteiger partial charge >= 0.3 is 0 Å². The fraction of sp³-hybridized carbons (Fsp3) is 0.875. The van der Waals surface area contributed by atoms with E-state index >= 15 is 0 Å². The third-order valence-electron chi connectivity index (χ3n) is 4.87. The first kappa shape index (κ1) is 14.1. The van der Waals surface area contributed by atoms with E-state index in [2.05, 4.69) is 29.8 Å². The normalized spacial score (nSPS) is 31.4. The monoisotopic (exact) mass is 250 g/mol. The lowest BCUT2D eigenvalue weighted by atomic mass is 9.82. The number of rotatable bonds is 5. The molecule has 2 atom stereocenters. The molecule has 0 aromatic heterocycles. The van der Waals surface area contributed by atoms with Crippen LogP contribution in [0.2, 0.25) is 0 Å².